The first-order valence-corrected chi connectivity index (χ1v) is 16.4. The number of fused-ring (bicyclic) bond motifs is 2. The molecule has 46 heavy (non-hydrogen) atoms. The van der Waals surface area contributed by atoms with Crippen LogP contribution in [0.15, 0.2) is 132 Å². The number of rotatable bonds is 7. The van der Waals surface area contributed by atoms with E-state index in [2.05, 4.69) is 12.2 Å². The molecule has 0 saturated heterocycles. The van der Waals surface area contributed by atoms with Crippen LogP contribution in [0.25, 0.3) is 0 Å². The summed E-state index contributed by atoms with van der Waals surface area (Å²) in [6.45, 7) is 0. The summed E-state index contributed by atoms with van der Waals surface area (Å²) in [7, 11) is 0. The Kier molecular flexibility index (Phi) is 6.72. The maximum Gasteiger partial charge on any atom is 0.186 e. The second kappa shape index (κ2) is 10.8. The number of benzene rings is 4. The van der Waals surface area contributed by atoms with Crippen LogP contribution in [0.4, 0.5) is 0 Å². The normalized spacial score (nSPS) is 22.5. The van der Waals surface area contributed by atoms with E-state index in [4.69, 9.17) is 0 Å². The van der Waals surface area contributed by atoms with E-state index < -0.39 is 10.8 Å². The lowest BCUT2D eigenvalue weighted by molar-refractivity contribution is 0.0808. The summed E-state index contributed by atoms with van der Waals surface area (Å²) >= 11 is 0. The van der Waals surface area contributed by atoms with Crippen molar-refractivity contribution in [2.45, 2.75) is 49.4 Å². The van der Waals surface area contributed by atoms with Gasteiger partial charge in [-0.1, -0.05) is 121 Å². The van der Waals surface area contributed by atoms with Crippen LogP contribution in [0.5, 0.6) is 0 Å². The van der Waals surface area contributed by atoms with Gasteiger partial charge in [-0.3, -0.25) is 19.2 Å². The quantitative estimate of drug-likeness (QED) is 0.157. The number of carbonyl (C=O) groups is 4. The van der Waals surface area contributed by atoms with Gasteiger partial charge in [-0.25, -0.2) is 0 Å². The topological polar surface area (TPSA) is 68.3 Å². The second-order valence-electron chi connectivity index (χ2n) is 13.2. The molecule has 4 aromatic carbocycles. The van der Waals surface area contributed by atoms with E-state index in [1.54, 1.807) is 24.3 Å². The summed E-state index contributed by atoms with van der Waals surface area (Å²) in [5.74, 6) is 0.0274. The first-order valence-electron chi connectivity index (χ1n) is 16.4. The largest absolute Gasteiger partial charge is 0.292 e. The molecule has 0 N–H and O–H groups in total. The second-order valence-corrected chi connectivity index (χ2v) is 13.2. The number of hydrogen-bond acceptors (Lipinski definition) is 4. The Morgan fingerprint density at radius 2 is 0.739 bits per heavy atom. The van der Waals surface area contributed by atoms with Crippen LogP contribution in [0.1, 0.15) is 91.1 Å². The highest BCUT2D eigenvalue weighted by Gasteiger charge is 2.58. The van der Waals surface area contributed by atoms with Gasteiger partial charge in [0.15, 0.2) is 23.1 Å². The number of carbonyl (C=O) groups excluding carboxylic acids is 4. The van der Waals surface area contributed by atoms with Crippen molar-refractivity contribution in [2.75, 3.05) is 0 Å². The predicted octanol–water partition coefficient (Wildman–Crippen LogP) is 8.47. The molecule has 4 heteroatoms. The highest BCUT2D eigenvalue weighted by molar-refractivity contribution is 6.36. The maximum atomic E-state index is 14.1. The van der Waals surface area contributed by atoms with Gasteiger partial charge < -0.3 is 0 Å². The fourth-order valence-electron chi connectivity index (χ4n) is 8.72. The van der Waals surface area contributed by atoms with Gasteiger partial charge in [-0.2, -0.15) is 0 Å². The number of ketones is 4. The van der Waals surface area contributed by atoms with Crippen molar-refractivity contribution in [1.29, 1.82) is 0 Å². The van der Waals surface area contributed by atoms with Crippen LogP contribution in [0.3, 0.4) is 0 Å². The number of Topliss-reactive ketones (excluding diaryl/α,β-unsaturated/α-hetero) is 4. The molecule has 226 valence electrons. The average molecular weight is 603 g/mol. The molecule has 2 unspecified atom stereocenters. The van der Waals surface area contributed by atoms with Gasteiger partial charge >= 0.3 is 0 Å². The van der Waals surface area contributed by atoms with E-state index in [9.17, 15) is 19.2 Å². The Bertz CT molecular complexity index is 1770. The summed E-state index contributed by atoms with van der Waals surface area (Å²) < 4.78 is 0. The third-order valence-electron chi connectivity index (χ3n) is 10.9. The highest BCUT2D eigenvalue weighted by Crippen LogP contribution is 2.51. The minimum Gasteiger partial charge on any atom is -0.292 e. The van der Waals surface area contributed by atoms with E-state index in [1.165, 1.54) is 0 Å². The smallest absolute Gasteiger partial charge is 0.186 e. The van der Waals surface area contributed by atoms with Crippen LogP contribution in [-0.2, 0) is 10.8 Å². The molecule has 4 aromatic rings. The molecule has 0 amide bonds. The van der Waals surface area contributed by atoms with Crippen molar-refractivity contribution >= 4 is 23.1 Å². The minimum atomic E-state index is -1.29. The van der Waals surface area contributed by atoms with Crippen LogP contribution in [0.2, 0.25) is 0 Å². The molecule has 0 saturated carbocycles. The van der Waals surface area contributed by atoms with Crippen molar-refractivity contribution in [3.63, 3.8) is 0 Å². The molecule has 0 spiro atoms. The van der Waals surface area contributed by atoms with Gasteiger partial charge in [-0.05, 0) is 72.6 Å². The Labute approximate surface area is 268 Å². The summed E-state index contributed by atoms with van der Waals surface area (Å²) in [6, 6.07) is 33.5. The predicted molar refractivity (Wildman–Crippen MR) is 177 cm³/mol. The lowest BCUT2D eigenvalue weighted by Gasteiger charge is -2.28. The van der Waals surface area contributed by atoms with Gasteiger partial charge in [-0.15, -0.1) is 0 Å². The molecule has 0 aliphatic heterocycles. The molecule has 0 aromatic heterocycles. The Balaban J connectivity index is 1.08. The monoisotopic (exact) mass is 602 g/mol. The molecule has 4 aliphatic rings. The highest BCUT2D eigenvalue weighted by atomic mass is 16.2. The van der Waals surface area contributed by atoms with Crippen LogP contribution < -0.4 is 0 Å². The van der Waals surface area contributed by atoms with Crippen LogP contribution in [-0.4, -0.2) is 23.1 Å². The van der Waals surface area contributed by atoms with Gasteiger partial charge in [0.1, 0.15) is 10.8 Å². The van der Waals surface area contributed by atoms with Crippen molar-refractivity contribution in [2.24, 2.45) is 11.8 Å². The van der Waals surface area contributed by atoms with E-state index in [1.807, 2.05) is 84.9 Å². The molecule has 8 rings (SSSR count). The lowest BCUT2D eigenvalue weighted by atomic mass is 9.70. The van der Waals surface area contributed by atoms with Crippen molar-refractivity contribution < 1.29 is 19.2 Å². The number of hydrogen-bond donors (Lipinski definition) is 0. The Hall–Kier alpha value is -4.96. The molecular weight excluding hydrogens is 568 g/mol. The first-order chi connectivity index (χ1) is 22.5. The maximum absolute atomic E-state index is 14.1. The average Bonchev–Trinajstić information content (AvgIpc) is 3.87. The molecule has 0 heterocycles. The Morgan fingerprint density at radius 3 is 1.07 bits per heavy atom. The molecule has 0 fully saturated rings. The molecular formula is C42H34O4. The zero-order valence-electron chi connectivity index (χ0n) is 25.6. The zero-order chi connectivity index (χ0) is 31.5. The van der Waals surface area contributed by atoms with Crippen molar-refractivity contribution in [3.8, 4) is 0 Å². The SMILES string of the molecule is O=C1c2ccccc2C(=O)C1(C1=CC(CCC2C=C(C3(c4ccccc4)C(=O)c4ccccc4C3=O)CC2)CC1)c1ccccc1. The fraction of sp³-hybridized carbons (Fsp3) is 0.238. The van der Waals surface area contributed by atoms with E-state index in [0.29, 0.717) is 35.1 Å². The lowest BCUT2D eigenvalue weighted by Crippen LogP contribution is -2.40. The van der Waals surface area contributed by atoms with Crippen LogP contribution in [0, 0.1) is 11.8 Å². The first kappa shape index (κ1) is 28.5. The Morgan fingerprint density at radius 1 is 0.435 bits per heavy atom. The standard InChI is InChI=1S/C42H34O4/c43-37-33-15-7-8-16-34(33)38(44)41(37,29-11-3-1-4-12-29)31-23-21-27(25-31)19-20-28-22-24-32(26-28)42(30-13-5-2-6-14-30)39(45)35-17-9-10-18-36(35)40(42)46/h1-18,25-28H,19-24H2. The number of allylic oxidation sites excluding steroid dienone is 4. The van der Waals surface area contributed by atoms with E-state index in [-0.39, 0.29) is 35.0 Å². The van der Waals surface area contributed by atoms with Crippen molar-refractivity contribution in [3.05, 3.63) is 166 Å². The molecule has 0 bridgehead atoms. The minimum absolute atomic E-state index is 0.118. The summed E-state index contributed by atoms with van der Waals surface area (Å²) in [4.78, 5) is 56.4. The van der Waals surface area contributed by atoms with E-state index in [0.717, 1.165) is 48.0 Å². The summed E-state index contributed by atoms with van der Waals surface area (Å²) in [6.07, 6.45) is 9.44. The van der Waals surface area contributed by atoms with Gasteiger partial charge in [0.05, 0.1) is 0 Å². The summed E-state index contributed by atoms with van der Waals surface area (Å²) in [5, 5.41) is 0. The third-order valence-corrected chi connectivity index (χ3v) is 10.9. The van der Waals surface area contributed by atoms with Gasteiger partial charge in [0.2, 0.25) is 0 Å². The fourth-order valence-corrected chi connectivity index (χ4v) is 8.72. The molecule has 4 nitrogen and oxygen atoms in total. The van der Waals surface area contributed by atoms with Crippen LogP contribution >= 0.6 is 0 Å². The molecule has 0 radical (unpaired) electrons. The summed E-state index contributed by atoms with van der Waals surface area (Å²) in [5.41, 5.74) is 2.78. The van der Waals surface area contributed by atoms with E-state index >= 15 is 0 Å². The zero-order valence-corrected chi connectivity index (χ0v) is 25.6. The van der Waals surface area contributed by atoms with Gasteiger partial charge in [0, 0.05) is 22.3 Å². The third kappa shape index (κ3) is 3.92. The molecule has 2 atom stereocenters. The van der Waals surface area contributed by atoms with Gasteiger partial charge in [0.25, 0.3) is 0 Å². The molecule has 4 aliphatic carbocycles. The van der Waals surface area contributed by atoms with Crippen molar-refractivity contribution in [1.82, 2.24) is 0 Å².